The van der Waals surface area contributed by atoms with Crippen LogP contribution >= 0.6 is 23.2 Å². The first-order valence-electron chi connectivity index (χ1n) is 7.22. The number of nitrogens with zero attached hydrogens (tertiary/aromatic N) is 1. The fourth-order valence-corrected chi connectivity index (χ4v) is 3.12. The van der Waals surface area contributed by atoms with E-state index in [1.807, 2.05) is 25.1 Å². The Labute approximate surface area is 143 Å². The Morgan fingerprint density at radius 1 is 1.22 bits per heavy atom. The molecule has 0 unspecified atom stereocenters. The molecule has 118 valence electrons. The predicted molar refractivity (Wildman–Crippen MR) is 93.3 cm³/mol. The van der Waals surface area contributed by atoms with Crippen LogP contribution in [0.3, 0.4) is 0 Å². The standard InChI is InChI=1S/C17H15Cl2N3O/c1-10-12(13-4-2-3-5-14(13)21-10)6-7-20-17(23)11-8-15(18)22-16(19)9-11/h2-5,8-9,21H,6-7H2,1H3,(H,20,23). The van der Waals surface area contributed by atoms with Gasteiger partial charge in [0.2, 0.25) is 0 Å². The molecule has 23 heavy (non-hydrogen) atoms. The number of fused-ring (bicyclic) bond motifs is 1. The monoisotopic (exact) mass is 347 g/mol. The minimum absolute atomic E-state index is 0.204. The van der Waals surface area contributed by atoms with Crippen molar-refractivity contribution in [3.63, 3.8) is 0 Å². The topological polar surface area (TPSA) is 57.8 Å². The first-order chi connectivity index (χ1) is 11.0. The number of pyridine rings is 1. The van der Waals surface area contributed by atoms with E-state index in [1.165, 1.54) is 23.1 Å². The van der Waals surface area contributed by atoms with Gasteiger partial charge in [0.15, 0.2) is 0 Å². The first-order valence-corrected chi connectivity index (χ1v) is 7.97. The van der Waals surface area contributed by atoms with E-state index in [-0.39, 0.29) is 16.2 Å². The molecule has 2 N–H and O–H groups in total. The third-order valence-electron chi connectivity index (χ3n) is 3.71. The van der Waals surface area contributed by atoms with Gasteiger partial charge in [0.05, 0.1) is 0 Å². The number of carbonyl (C=O) groups excluding carboxylic acids is 1. The molecular weight excluding hydrogens is 333 g/mol. The Hall–Kier alpha value is -2.04. The lowest BCUT2D eigenvalue weighted by molar-refractivity contribution is 0.0954. The SMILES string of the molecule is Cc1[nH]c2ccccc2c1CCNC(=O)c1cc(Cl)nc(Cl)c1. The van der Waals surface area contributed by atoms with Crippen LogP contribution in [0.15, 0.2) is 36.4 Å². The Morgan fingerprint density at radius 3 is 2.65 bits per heavy atom. The quantitative estimate of drug-likeness (QED) is 0.696. The lowest BCUT2D eigenvalue weighted by atomic mass is 10.1. The average molecular weight is 348 g/mol. The van der Waals surface area contributed by atoms with E-state index >= 15 is 0 Å². The minimum atomic E-state index is -0.214. The van der Waals surface area contributed by atoms with Gasteiger partial charge >= 0.3 is 0 Å². The molecule has 0 aliphatic rings. The predicted octanol–water partition coefficient (Wildman–Crippen LogP) is 4.15. The molecule has 0 saturated carbocycles. The number of hydrogen-bond acceptors (Lipinski definition) is 2. The summed E-state index contributed by atoms with van der Waals surface area (Å²) >= 11 is 11.6. The van der Waals surface area contributed by atoms with Crippen molar-refractivity contribution in [2.75, 3.05) is 6.54 Å². The maximum atomic E-state index is 12.2. The van der Waals surface area contributed by atoms with Crippen LogP contribution in [0.25, 0.3) is 10.9 Å². The van der Waals surface area contributed by atoms with Gasteiger partial charge < -0.3 is 10.3 Å². The van der Waals surface area contributed by atoms with Gasteiger partial charge in [-0.1, -0.05) is 41.4 Å². The normalized spacial score (nSPS) is 10.9. The second kappa shape index (κ2) is 6.60. The van der Waals surface area contributed by atoms with Crippen molar-refractivity contribution in [3.05, 3.63) is 63.5 Å². The van der Waals surface area contributed by atoms with Crippen molar-refractivity contribution in [1.29, 1.82) is 0 Å². The van der Waals surface area contributed by atoms with Crippen molar-refractivity contribution in [1.82, 2.24) is 15.3 Å². The lowest BCUT2D eigenvalue weighted by Gasteiger charge is -2.06. The second-order valence-electron chi connectivity index (χ2n) is 5.28. The molecule has 0 atom stereocenters. The van der Waals surface area contributed by atoms with Crippen LogP contribution in [-0.4, -0.2) is 22.4 Å². The van der Waals surface area contributed by atoms with Crippen LogP contribution < -0.4 is 5.32 Å². The third-order valence-corrected chi connectivity index (χ3v) is 4.10. The molecule has 4 nitrogen and oxygen atoms in total. The number of aromatic nitrogens is 2. The number of rotatable bonds is 4. The van der Waals surface area contributed by atoms with Crippen LogP contribution in [0.4, 0.5) is 0 Å². The zero-order valence-electron chi connectivity index (χ0n) is 12.5. The molecule has 2 aromatic heterocycles. The molecule has 0 radical (unpaired) electrons. The summed E-state index contributed by atoms with van der Waals surface area (Å²) in [6.45, 7) is 2.57. The van der Waals surface area contributed by atoms with E-state index in [0.29, 0.717) is 12.1 Å². The first kappa shape index (κ1) is 15.8. The number of para-hydroxylation sites is 1. The smallest absolute Gasteiger partial charge is 0.251 e. The molecule has 3 rings (SSSR count). The number of amides is 1. The molecule has 0 aliphatic carbocycles. The summed E-state index contributed by atoms with van der Waals surface area (Å²) in [5, 5.41) is 4.48. The maximum Gasteiger partial charge on any atom is 0.251 e. The van der Waals surface area contributed by atoms with E-state index in [2.05, 4.69) is 21.4 Å². The van der Waals surface area contributed by atoms with E-state index in [0.717, 1.165) is 17.6 Å². The van der Waals surface area contributed by atoms with E-state index in [9.17, 15) is 4.79 Å². The lowest BCUT2D eigenvalue weighted by Crippen LogP contribution is -2.25. The summed E-state index contributed by atoms with van der Waals surface area (Å²) in [6, 6.07) is 11.1. The molecule has 0 aliphatic heterocycles. The van der Waals surface area contributed by atoms with Crippen molar-refractivity contribution < 1.29 is 4.79 Å². The van der Waals surface area contributed by atoms with Crippen LogP contribution in [-0.2, 0) is 6.42 Å². The van der Waals surface area contributed by atoms with Gasteiger partial charge in [-0.2, -0.15) is 0 Å². The summed E-state index contributed by atoms with van der Waals surface area (Å²) in [5.74, 6) is -0.214. The van der Waals surface area contributed by atoms with Gasteiger partial charge in [0.1, 0.15) is 10.3 Å². The maximum absolute atomic E-state index is 12.2. The number of halogens is 2. The second-order valence-corrected chi connectivity index (χ2v) is 6.06. The van der Waals surface area contributed by atoms with Crippen molar-refractivity contribution in [2.24, 2.45) is 0 Å². The largest absolute Gasteiger partial charge is 0.358 e. The third kappa shape index (κ3) is 3.49. The highest BCUT2D eigenvalue weighted by molar-refractivity contribution is 6.33. The molecule has 1 amide bonds. The van der Waals surface area contributed by atoms with Crippen LogP contribution in [0.1, 0.15) is 21.6 Å². The zero-order chi connectivity index (χ0) is 16.4. The highest BCUT2D eigenvalue weighted by Gasteiger charge is 2.11. The summed E-state index contributed by atoms with van der Waals surface area (Å²) in [4.78, 5) is 19.3. The molecule has 3 aromatic rings. The summed E-state index contributed by atoms with van der Waals surface area (Å²) in [5.41, 5.74) is 3.85. The van der Waals surface area contributed by atoms with Crippen LogP contribution in [0.5, 0.6) is 0 Å². The number of carbonyl (C=O) groups is 1. The Bertz CT molecular complexity index is 853. The summed E-state index contributed by atoms with van der Waals surface area (Å²) in [6.07, 6.45) is 0.744. The molecule has 0 fully saturated rings. The van der Waals surface area contributed by atoms with Crippen LogP contribution in [0, 0.1) is 6.92 Å². The van der Waals surface area contributed by atoms with Crippen molar-refractivity contribution >= 4 is 40.0 Å². The molecule has 1 aromatic carbocycles. The Morgan fingerprint density at radius 2 is 1.91 bits per heavy atom. The number of hydrogen-bond donors (Lipinski definition) is 2. The average Bonchev–Trinajstić information content (AvgIpc) is 2.82. The highest BCUT2D eigenvalue weighted by atomic mass is 35.5. The van der Waals surface area contributed by atoms with Gasteiger partial charge in [-0.3, -0.25) is 4.79 Å². The fraction of sp³-hybridized carbons (Fsp3) is 0.176. The van der Waals surface area contributed by atoms with E-state index < -0.39 is 0 Å². The Kier molecular flexibility index (Phi) is 4.55. The highest BCUT2D eigenvalue weighted by Crippen LogP contribution is 2.22. The van der Waals surface area contributed by atoms with Crippen molar-refractivity contribution in [2.45, 2.75) is 13.3 Å². The number of aryl methyl sites for hydroxylation is 1. The molecule has 0 spiro atoms. The van der Waals surface area contributed by atoms with Gasteiger partial charge in [-0.05, 0) is 37.1 Å². The van der Waals surface area contributed by atoms with Gasteiger partial charge in [-0.15, -0.1) is 0 Å². The molecule has 0 saturated heterocycles. The van der Waals surface area contributed by atoms with Gasteiger partial charge in [-0.25, -0.2) is 4.98 Å². The summed E-state index contributed by atoms with van der Waals surface area (Å²) < 4.78 is 0. The zero-order valence-corrected chi connectivity index (χ0v) is 14.0. The molecular formula is C17H15Cl2N3O. The number of H-pyrrole nitrogens is 1. The number of benzene rings is 1. The van der Waals surface area contributed by atoms with Crippen molar-refractivity contribution in [3.8, 4) is 0 Å². The minimum Gasteiger partial charge on any atom is -0.358 e. The molecule has 2 heterocycles. The molecule has 0 bridgehead atoms. The van der Waals surface area contributed by atoms with E-state index in [4.69, 9.17) is 23.2 Å². The Balaban J connectivity index is 1.69. The number of nitrogens with one attached hydrogen (secondary N) is 2. The summed E-state index contributed by atoms with van der Waals surface area (Å²) in [7, 11) is 0. The fourth-order valence-electron chi connectivity index (χ4n) is 2.66. The van der Waals surface area contributed by atoms with Gasteiger partial charge in [0.25, 0.3) is 5.91 Å². The van der Waals surface area contributed by atoms with Gasteiger partial charge in [0, 0.05) is 28.7 Å². The van der Waals surface area contributed by atoms with E-state index in [1.54, 1.807) is 0 Å². The molecule has 6 heteroatoms. The number of aromatic amines is 1. The van der Waals surface area contributed by atoms with Crippen LogP contribution in [0.2, 0.25) is 10.3 Å².